The first-order chi connectivity index (χ1) is 16.2. The summed E-state index contributed by atoms with van der Waals surface area (Å²) >= 11 is 0. The van der Waals surface area contributed by atoms with E-state index in [9.17, 15) is 10.5 Å². The predicted octanol–water partition coefficient (Wildman–Crippen LogP) is 2.45. The van der Waals surface area contributed by atoms with Gasteiger partial charge >= 0.3 is 0 Å². The van der Waals surface area contributed by atoms with Crippen LogP contribution < -0.4 is 4.90 Å². The van der Waals surface area contributed by atoms with Crippen molar-refractivity contribution >= 4 is 16.9 Å². The van der Waals surface area contributed by atoms with Crippen LogP contribution >= 0.6 is 0 Å². The number of aromatic amines is 1. The minimum atomic E-state index is -0.124. The van der Waals surface area contributed by atoms with Crippen molar-refractivity contribution < 1.29 is 0 Å². The third-order valence-corrected chi connectivity index (χ3v) is 5.94. The maximum atomic E-state index is 9.50. The lowest BCUT2D eigenvalue weighted by Crippen LogP contribution is -2.26. The average molecular weight is 434 g/mol. The summed E-state index contributed by atoms with van der Waals surface area (Å²) < 4.78 is 1.85. The zero-order valence-electron chi connectivity index (χ0n) is 17.5. The Balaban J connectivity index is 1.41. The molecule has 33 heavy (non-hydrogen) atoms. The fourth-order valence-electron chi connectivity index (χ4n) is 4.37. The van der Waals surface area contributed by atoms with Crippen molar-refractivity contribution in [3.63, 3.8) is 0 Å². The Kier molecular flexibility index (Phi) is 5.14. The lowest BCUT2D eigenvalue weighted by molar-refractivity contribution is 0.332. The number of hydrogen-bond acceptors (Lipinski definition) is 8. The zero-order chi connectivity index (χ0) is 22.8. The van der Waals surface area contributed by atoms with Gasteiger partial charge in [0.1, 0.15) is 23.7 Å². The van der Waals surface area contributed by atoms with Crippen LogP contribution in [0.25, 0.3) is 22.3 Å². The lowest BCUT2D eigenvalue weighted by Gasteiger charge is -2.23. The first-order valence-corrected chi connectivity index (χ1v) is 10.4. The lowest BCUT2D eigenvalue weighted by atomic mass is 9.96. The van der Waals surface area contributed by atoms with Crippen LogP contribution in [0.4, 0.5) is 5.82 Å². The molecule has 0 radical (unpaired) electrons. The second-order valence-corrected chi connectivity index (χ2v) is 7.78. The highest BCUT2D eigenvalue weighted by atomic mass is 15.3. The van der Waals surface area contributed by atoms with E-state index in [0.717, 1.165) is 28.7 Å². The summed E-state index contributed by atoms with van der Waals surface area (Å²) in [5.74, 6) is 3.08. The largest absolute Gasteiger partial charge is 0.354 e. The maximum absolute atomic E-state index is 9.50. The minimum Gasteiger partial charge on any atom is -0.354 e. The summed E-state index contributed by atoms with van der Waals surface area (Å²) in [7, 11) is 0. The van der Waals surface area contributed by atoms with Gasteiger partial charge in [0.25, 0.3) is 0 Å². The zero-order valence-corrected chi connectivity index (χ0v) is 17.5. The molecule has 5 heterocycles. The molecule has 0 unspecified atom stereocenters. The molecule has 5 rings (SSSR count). The molecular formula is C23H18N10. The van der Waals surface area contributed by atoms with E-state index in [4.69, 9.17) is 6.42 Å². The molecule has 0 amide bonds. The standard InChI is InChI=1S/C23H18N10/c1-2-17-11-27-23(19(9-25)31-17)32-8-5-15(12-32)20(3-6-24)33-13-16(10-30-33)21-18-4-7-26-22(18)29-14-28-21/h1,4,7,10-11,13-15,20H,3,5,8,12H2,(H,26,28,29)/t15-,20-/m0/s1. The molecule has 1 aliphatic rings. The molecule has 0 aliphatic carbocycles. The molecule has 4 aromatic heterocycles. The van der Waals surface area contributed by atoms with Crippen molar-refractivity contribution in [1.82, 2.24) is 34.7 Å². The molecular weight excluding hydrogens is 416 g/mol. The van der Waals surface area contributed by atoms with E-state index in [1.165, 1.54) is 12.5 Å². The average Bonchev–Trinajstić information content (AvgIpc) is 3.62. The van der Waals surface area contributed by atoms with E-state index < -0.39 is 0 Å². The normalized spacial score (nSPS) is 16.3. The Morgan fingerprint density at radius 3 is 2.97 bits per heavy atom. The van der Waals surface area contributed by atoms with Gasteiger partial charge in [-0.1, -0.05) is 0 Å². The van der Waals surface area contributed by atoms with Gasteiger partial charge in [-0.2, -0.15) is 15.6 Å². The summed E-state index contributed by atoms with van der Waals surface area (Å²) in [4.78, 5) is 22.4. The third kappa shape index (κ3) is 3.62. The number of terminal acetylenes is 1. The summed E-state index contributed by atoms with van der Waals surface area (Å²) in [6.45, 7) is 1.34. The van der Waals surface area contributed by atoms with Crippen LogP contribution in [-0.2, 0) is 0 Å². The van der Waals surface area contributed by atoms with Crippen LogP contribution in [0, 0.1) is 40.9 Å². The summed E-state index contributed by atoms with van der Waals surface area (Å²) in [5, 5.41) is 24.5. The van der Waals surface area contributed by atoms with Crippen molar-refractivity contribution in [3.8, 4) is 35.7 Å². The van der Waals surface area contributed by atoms with Crippen LogP contribution in [-0.4, -0.2) is 47.8 Å². The molecule has 1 fully saturated rings. The van der Waals surface area contributed by atoms with Crippen LogP contribution in [0.15, 0.2) is 37.2 Å². The highest BCUT2D eigenvalue weighted by Crippen LogP contribution is 2.34. The van der Waals surface area contributed by atoms with Crippen molar-refractivity contribution in [2.75, 3.05) is 18.0 Å². The van der Waals surface area contributed by atoms with E-state index in [0.29, 0.717) is 31.0 Å². The maximum Gasteiger partial charge on any atom is 0.184 e. The molecule has 0 aromatic carbocycles. The molecule has 0 spiro atoms. The fraction of sp³-hybridized carbons (Fsp3) is 0.261. The Hall–Kier alpha value is -4.75. The predicted molar refractivity (Wildman–Crippen MR) is 119 cm³/mol. The van der Waals surface area contributed by atoms with Crippen LogP contribution in [0.1, 0.15) is 30.3 Å². The van der Waals surface area contributed by atoms with Gasteiger partial charge in [-0.3, -0.25) is 4.68 Å². The Labute approximate surface area is 189 Å². The first kappa shape index (κ1) is 20.2. The molecule has 1 N–H and O–H groups in total. The minimum absolute atomic E-state index is 0.124. The first-order valence-electron chi connectivity index (χ1n) is 10.4. The third-order valence-electron chi connectivity index (χ3n) is 5.94. The van der Waals surface area contributed by atoms with Crippen LogP contribution in [0.2, 0.25) is 0 Å². The van der Waals surface area contributed by atoms with Crippen molar-refractivity contribution in [2.45, 2.75) is 18.9 Å². The van der Waals surface area contributed by atoms with E-state index in [-0.39, 0.29) is 17.7 Å². The molecule has 10 heteroatoms. The van der Waals surface area contributed by atoms with Crippen molar-refractivity contribution in [1.29, 1.82) is 10.5 Å². The second-order valence-electron chi connectivity index (χ2n) is 7.78. The number of anilines is 1. The molecule has 2 atom stereocenters. The highest BCUT2D eigenvalue weighted by molar-refractivity contribution is 5.89. The van der Waals surface area contributed by atoms with Gasteiger partial charge in [0.05, 0.1) is 36.6 Å². The number of nitriles is 2. The Bertz CT molecular complexity index is 1440. The number of nitrogens with one attached hydrogen (secondary N) is 1. The van der Waals surface area contributed by atoms with Crippen LogP contribution in [0.3, 0.4) is 0 Å². The SMILES string of the molecule is C#Cc1cnc(N2CC[C@H]([C@H](CC#N)n3cc(-c4ncnc5[nH]ccc45)cn3)C2)c(C#N)n1. The van der Waals surface area contributed by atoms with Gasteiger partial charge in [-0.15, -0.1) is 6.42 Å². The number of hydrogen-bond donors (Lipinski definition) is 1. The quantitative estimate of drug-likeness (QED) is 0.473. The van der Waals surface area contributed by atoms with E-state index >= 15 is 0 Å². The molecule has 10 nitrogen and oxygen atoms in total. The van der Waals surface area contributed by atoms with E-state index in [1.807, 2.05) is 28.0 Å². The van der Waals surface area contributed by atoms with Gasteiger partial charge in [-0.25, -0.2) is 19.9 Å². The van der Waals surface area contributed by atoms with Gasteiger partial charge in [0.2, 0.25) is 0 Å². The highest BCUT2D eigenvalue weighted by Gasteiger charge is 2.33. The Morgan fingerprint density at radius 2 is 2.15 bits per heavy atom. The van der Waals surface area contributed by atoms with Gasteiger partial charge in [-0.05, 0) is 18.4 Å². The fourth-order valence-corrected chi connectivity index (χ4v) is 4.37. The van der Waals surface area contributed by atoms with Crippen molar-refractivity contribution in [3.05, 3.63) is 48.6 Å². The molecule has 1 aliphatic heterocycles. The summed E-state index contributed by atoms with van der Waals surface area (Å²) in [5.41, 5.74) is 2.96. The van der Waals surface area contributed by atoms with Gasteiger partial charge in [0.15, 0.2) is 11.5 Å². The summed E-state index contributed by atoms with van der Waals surface area (Å²) in [6.07, 6.45) is 15.1. The molecule has 160 valence electrons. The van der Waals surface area contributed by atoms with Gasteiger partial charge in [0, 0.05) is 42.4 Å². The van der Waals surface area contributed by atoms with Crippen LogP contribution in [0.5, 0.6) is 0 Å². The number of rotatable bonds is 5. The monoisotopic (exact) mass is 434 g/mol. The second kappa shape index (κ2) is 8.41. The number of aromatic nitrogens is 7. The number of nitrogens with zero attached hydrogens (tertiary/aromatic N) is 9. The number of H-pyrrole nitrogens is 1. The van der Waals surface area contributed by atoms with Crippen molar-refractivity contribution in [2.24, 2.45) is 5.92 Å². The Morgan fingerprint density at radius 1 is 1.24 bits per heavy atom. The number of fused-ring (bicyclic) bond motifs is 1. The van der Waals surface area contributed by atoms with E-state index in [1.54, 1.807) is 6.20 Å². The topological polar surface area (TPSA) is 136 Å². The van der Waals surface area contributed by atoms with E-state index in [2.05, 4.69) is 48.1 Å². The van der Waals surface area contributed by atoms with Gasteiger partial charge < -0.3 is 9.88 Å². The molecule has 0 bridgehead atoms. The molecule has 4 aromatic rings. The summed E-state index contributed by atoms with van der Waals surface area (Å²) in [6, 6.07) is 6.19. The molecule has 0 saturated carbocycles. The molecule has 1 saturated heterocycles. The smallest absolute Gasteiger partial charge is 0.184 e.